The lowest BCUT2D eigenvalue weighted by Gasteiger charge is -2.30. The summed E-state index contributed by atoms with van der Waals surface area (Å²) in [7, 11) is -3.76. The molecule has 0 radical (unpaired) electrons. The van der Waals surface area contributed by atoms with Crippen LogP contribution in [0.5, 0.6) is 5.75 Å². The van der Waals surface area contributed by atoms with Crippen molar-refractivity contribution >= 4 is 33.2 Å². The summed E-state index contributed by atoms with van der Waals surface area (Å²) in [6, 6.07) is 11.8. The van der Waals surface area contributed by atoms with Crippen molar-refractivity contribution < 1.29 is 22.7 Å². The molecule has 0 aromatic heterocycles. The number of hydrogen-bond donors (Lipinski definition) is 1. The zero-order valence-electron chi connectivity index (χ0n) is 17.1. The Morgan fingerprint density at radius 2 is 2.06 bits per heavy atom. The Bertz CT molecular complexity index is 1050. The van der Waals surface area contributed by atoms with Crippen molar-refractivity contribution in [2.75, 3.05) is 30.6 Å². The molecule has 0 unspecified atom stereocenters. The quantitative estimate of drug-likeness (QED) is 0.680. The molecule has 2 aromatic rings. The Hall–Kier alpha value is -2.29. The second-order valence-electron chi connectivity index (χ2n) is 7.63. The molecule has 0 aliphatic carbocycles. The fraction of sp³-hybridized carbons (Fsp3) is 0.409. The normalized spacial score (nSPS) is 18.5. The van der Waals surface area contributed by atoms with Gasteiger partial charge >= 0.3 is 0 Å². The number of anilines is 1. The van der Waals surface area contributed by atoms with Gasteiger partial charge in [-0.2, -0.15) is 0 Å². The third-order valence-electron chi connectivity index (χ3n) is 5.47. The number of nitrogens with one attached hydrogen (secondary N) is 1. The van der Waals surface area contributed by atoms with E-state index in [2.05, 4.69) is 5.32 Å². The first-order chi connectivity index (χ1) is 14.9. The van der Waals surface area contributed by atoms with Crippen LogP contribution in [0.4, 0.5) is 5.69 Å². The molecule has 0 saturated carbocycles. The van der Waals surface area contributed by atoms with Gasteiger partial charge in [0.2, 0.25) is 0 Å². The standard InChI is InChI=1S/C22H25ClN2O5S/c23-19-13-18(31(27,28)25-11-3-6-16-5-1-2-8-20(16)25)9-10-21(19)30-15-22(26)24-14-17-7-4-12-29-17/h1-2,5,8-10,13,17H,3-4,6-7,11-12,14-15H2,(H,24,26)/t17-/m1/s1. The van der Waals surface area contributed by atoms with Gasteiger partial charge in [0.15, 0.2) is 6.61 Å². The predicted octanol–water partition coefficient (Wildman–Crippen LogP) is 3.16. The van der Waals surface area contributed by atoms with Gasteiger partial charge in [0.25, 0.3) is 15.9 Å². The lowest BCUT2D eigenvalue weighted by Crippen LogP contribution is -2.35. The van der Waals surface area contributed by atoms with Gasteiger partial charge in [0, 0.05) is 19.7 Å². The number of halogens is 1. The van der Waals surface area contributed by atoms with Gasteiger partial charge in [0.1, 0.15) is 5.75 Å². The second-order valence-corrected chi connectivity index (χ2v) is 9.90. The van der Waals surface area contributed by atoms with E-state index in [1.165, 1.54) is 22.5 Å². The molecule has 1 N–H and O–H groups in total. The lowest BCUT2D eigenvalue weighted by atomic mass is 10.0. The number of hydrogen-bond acceptors (Lipinski definition) is 5. The van der Waals surface area contributed by atoms with E-state index in [1.54, 1.807) is 0 Å². The molecule has 166 valence electrons. The highest BCUT2D eigenvalue weighted by atomic mass is 35.5. The predicted molar refractivity (Wildman–Crippen MR) is 118 cm³/mol. The van der Waals surface area contributed by atoms with Crippen molar-refractivity contribution in [2.24, 2.45) is 0 Å². The van der Waals surface area contributed by atoms with Crippen LogP contribution >= 0.6 is 11.6 Å². The Kier molecular flexibility index (Phi) is 6.69. The SMILES string of the molecule is O=C(COc1ccc(S(=O)(=O)N2CCCc3ccccc32)cc1Cl)NC[C@H]1CCCO1. The molecular weight excluding hydrogens is 440 g/mol. The molecule has 1 atom stereocenters. The number of carbonyl (C=O) groups is 1. The number of carbonyl (C=O) groups excluding carboxylic acids is 1. The molecule has 31 heavy (non-hydrogen) atoms. The first-order valence-corrected chi connectivity index (χ1v) is 12.2. The van der Waals surface area contributed by atoms with Gasteiger partial charge in [-0.05, 0) is 55.5 Å². The number of aryl methyl sites for hydroxylation is 1. The maximum atomic E-state index is 13.2. The summed E-state index contributed by atoms with van der Waals surface area (Å²) in [6.45, 7) is 1.38. The van der Waals surface area contributed by atoms with Crippen molar-refractivity contribution in [3.63, 3.8) is 0 Å². The van der Waals surface area contributed by atoms with E-state index in [0.29, 0.717) is 18.8 Å². The zero-order valence-corrected chi connectivity index (χ0v) is 18.6. The monoisotopic (exact) mass is 464 g/mol. The molecule has 1 fully saturated rings. The molecule has 1 amide bonds. The van der Waals surface area contributed by atoms with Crippen molar-refractivity contribution in [1.82, 2.24) is 5.32 Å². The number of rotatable bonds is 7. The van der Waals surface area contributed by atoms with Crippen LogP contribution in [-0.2, 0) is 26.0 Å². The van der Waals surface area contributed by atoms with Crippen LogP contribution in [0.2, 0.25) is 5.02 Å². The molecule has 9 heteroatoms. The molecule has 0 spiro atoms. The molecule has 4 rings (SSSR count). The molecule has 2 aromatic carbocycles. The minimum Gasteiger partial charge on any atom is -0.482 e. The summed E-state index contributed by atoms with van der Waals surface area (Å²) in [5.74, 6) is -0.0277. The first-order valence-electron chi connectivity index (χ1n) is 10.4. The Labute approximate surface area is 187 Å². The van der Waals surface area contributed by atoms with Crippen LogP contribution in [0.3, 0.4) is 0 Å². The van der Waals surface area contributed by atoms with E-state index in [9.17, 15) is 13.2 Å². The number of nitrogens with zero attached hydrogens (tertiary/aromatic N) is 1. The Morgan fingerprint density at radius 1 is 1.23 bits per heavy atom. The zero-order chi connectivity index (χ0) is 21.8. The van der Waals surface area contributed by atoms with E-state index in [4.69, 9.17) is 21.1 Å². The number of fused-ring (bicyclic) bond motifs is 1. The molecule has 2 aliphatic rings. The highest BCUT2D eigenvalue weighted by Crippen LogP contribution is 2.34. The maximum Gasteiger partial charge on any atom is 0.264 e. The average Bonchev–Trinajstić information content (AvgIpc) is 3.30. The van der Waals surface area contributed by atoms with Crippen molar-refractivity contribution in [3.05, 3.63) is 53.1 Å². The van der Waals surface area contributed by atoms with Gasteiger partial charge < -0.3 is 14.8 Å². The van der Waals surface area contributed by atoms with Crippen molar-refractivity contribution in [2.45, 2.75) is 36.7 Å². The maximum absolute atomic E-state index is 13.2. The van der Waals surface area contributed by atoms with E-state index >= 15 is 0 Å². The number of para-hydroxylation sites is 1. The van der Waals surface area contributed by atoms with Gasteiger partial charge in [-0.1, -0.05) is 29.8 Å². The summed E-state index contributed by atoms with van der Waals surface area (Å²) in [4.78, 5) is 12.1. The lowest BCUT2D eigenvalue weighted by molar-refractivity contribution is -0.123. The molecule has 0 bridgehead atoms. The van der Waals surface area contributed by atoms with Crippen LogP contribution < -0.4 is 14.4 Å². The van der Waals surface area contributed by atoms with Crippen LogP contribution in [0, 0.1) is 0 Å². The summed E-state index contributed by atoms with van der Waals surface area (Å²) < 4.78 is 38.9. The van der Waals surface area contributed by atoms with E-state index in [1.807, 2.05) is 24.3 Å². The fourth-order valence-corrected chi connectivity index (χ4v) is 5.73. The van der Waals surface area contributed by atoms with E-state index in [-0.39, 0.29) is 34.3 Å². The summed E-state index contributed by atoms with van der Waals surface area (Å²) in [5, 5.41) is 2.91. The summed E-state index contributed by atoms with van der Waals surface area (Å²) >= 11 is 6.28. The van der Waals surface area contributed by atoms with Crippen LogP contribution in [0.1, 0.15) is 24.8 Å². The molecular formula is C22H25ClN2O5S. The number of sulfonamides is 1. The van der Waals surface area contributed by atoms with E-state index in [0.717, 1.165) is 37.9 Å². The minimum atomic E-state index is -3.76. The number of amides is 1. The van der Waals surface area contributed by atoms with Crippen LogP contribution in [0.15, 0.2) is 47.4 Å². The smallest absolute Gasteiger partial charge is 0.264 e. The van der Waals surface area contributed by atoms with Gasteiger partial charge in [-0.25, -0.2) is 8.42 Å². The van der Waals surface area contributed by atoms with Crippen LogP contribution in [0.25, 0.3) is 0 Å². The highest BCUT2D eigenvalue weighted by molar-refractivity contribution is 7.92. The van der Waals surface area contributed by atoms with Gasteiger partial charge in [-0.15, -0.1) is 0 Å². The number of ether oxygens (including phenoxy) is 2. The minimum absolute atomic E-state index is 0.0527. The van der Waals surface area contributed by atoms with Gasteiger partial charge in [0.05, 0.1) is 21.7 Å². The summed E-state index contributed by atoms with van der Waals surface area (Å²) in [5.41, 5.74) is 1.71. The number of benzene rings is 2. The third-order valence-corrected chi connectivity index (χ3v) is 7.57. The molecule has 7 nitrogen and oxygen atoms in total. The van der Waals surface area contributed by atoms with Gasteiger partial charge in [-0.3, -0.25) is 9.10 Å². The highest BCUT2D eigenvalue weighted by Gasteiger charge is 2.29. The first kappa shape index (κ1) is 21.9. The fourth-order valence-electron chi connectivity index (χ4n) is 3.86. The van der Waals surface area contributed by atoms with Crippen molar-refractivity contribution in [1.29, 1.82) is 0 Å². The molecule has 2 heterocycles. The molecule has 2 aliphatic heterocycles. The van der Waals surface area contributed by atoms with Crippen LogP contribution in [-0.4, -0.2) is 46.7 Å². The summed E-state index contributed by atoms with van der Waals surface area (Å²) in [6.07, 6.45) is 3.60. The third kappa shape index (κ3) is 4.97. The topological polar surface area (TPSA) is 84.9 Å². The van der Waals surface area contributed by atoms with Crippen molar-refractivity contribution in [3.8, 4) is 5.75 Å². The largest absolute Gasteiger partial charge is 0.482 e. The van der Waals surface area contributed by atoms with E-state index < -0.39 is 10.0 Å². The Balaban J connectivity index is 1.42. The Morgan fingerprint density at radius 3 is 2.84 bits per heavy atom. The molecule has 1 saturated heterocycles. The average molecular weight is 465 g/mol. The second kappa shape index (κ2) is 9.46.